The van der Waals surface area contributed by atoms with Gasteiger partial charge < -0.3 is 9.64 Å². The van der Waals surface area contributed by atoms with Crippen molar-refractivity contribution in [1.29, 1.82) is 0 Å². The lowest BCUT2D eigenvalue weighted by atomic mass is 9.98. The molecule has 2 aliphatic heterocycles. The number of nitrogens with zero attached hydrogens (tertiary/aromatic N) is 4. The molecule has 1 spiro atoms. The summed E-state index contributed by atoms with van der Waals surface area (Å²) in [5, 5.41) is 0. The number of sulfonamides is 1. The van der Waals surface area contributed by atoms with Gasteiger partial charge in [0.1, 0.15) is 5.82 Å². The van der Waals surface area contributed by atoms with Crippen LogP contribution < -0.4 is 4.90 Å². The molecule has 35 heavy (non-hydrogen) atoms. The predicted octanol–water partition coefficient (Wildman–Crippen LogP) is 3.29. The molecule has 0 amide bonds. The zero-order chi connectivity index (χ0) is 25.1. The van der Waals surface area contributed by atoms with Crippen LogP contribution in [0.5, 0.6) is 0 Å². The Balaban J connectivity index is 1.43. The number of fused-ring (bicyclic) bond motifs is 1. The Kier molecular flexibility index (Phi) is 5.64. The summed E-state index contributed by atoms with van der Waals surface area (Å²) in [6, 6.07) is 2.39. The van der Waals surface area contributed by atoms with E-state index in [1.807, 2.05) is 0 Å². The third-order valence-corrected chi connectivity index (χ3v) is 8.02. The molecule has 2 fully saturated rings. The molecule has 7 nitrogen and oxygen atoms in total. The molecule has 0 saturated carbocycles. The van der Waals surface area contributed by atoms with Crippen molar-refractivity contribution in [2.24, 2.45) is 0 Å². The quantitative estimate of drug-likeness (QED) is 0.392. The van der Waals surface area contributed by atoms with Crippen LogP contribution in [0, 0.1) is 29.1 Å². The van der Waals surface area contributed by atoms with Crippen LogP contribution in [0.15, 0.2) is 35.4 Å². The van der Waals surface area contributed by atoms with Gasteiger partial charge in [-0.25, -0.2) is 39.7 Å². The van der Waals surface area contributed by atoms with E-state index in [0.717, 1.165) is 12.1 Å². The normalized spacial score (nSPS) is 23.5. The third kappa shape index (κ3) is 3.79. The molecule has 2 aromatic carbocycles. The number of hydrogen-bond donors (Lipinski definition) is 0. The van der Waals surface area contributed by atoms with Gasteiger partial charge in [0.05, 0.1) is 35.3 Å². The van der Waals surface area contributed by atoms with Gasteiger partial charge in [-0.3, -0.25) is 4.98 Å². The lowest BCUT2D eigenvalue weighted by molar-refractivity contribution is -0.116. The summed E-state index contributed by atoms with van der Waals surface area (Å²) in [5.74, 6) is -7.29. The zero-order valence-corrected chi connectivity index (χ0v) is 18.5. The van der Waals surface area contributed by atoms with Gasteiger partial charge in [0.25, 0.3) is 0 Å². The van der Waals surface area contributed by atoms with Gasteiger partial charge in [0, 0.05) is 31.6 Å². The van der Waals surface area contributed by atoms with Gasteiger partial charge in [-0.05, 0) is 12.1 Å². The van der Waals surface area contributed by atoms with Crippen LogP contribution in [-0.4, -0.2) is 60.8 Å². The van der Waals surface area contributed by atoms with E-state index in [1.54, 1.807) is 0 Å². The molecular formula is C21H16F6N4O3S. The minimum atomic E-state index is -4.66. The van der Waals surface area contributed by atoms with Gasteiger partial charge in [0.2, 0.25) is 10.0 Å². The first kappa shape index (κ1) is 23.8. The lowest BCUT2D eigenvalue weighted by Gasteiger charge is -2.45. The van der Waals surface area contributed by atoms with Crippen molar-refractivity contribution >= 4 is 26.9 Å². The van der Waals surface area contributed by atoms with Crippen LogP contribution in [0.2, 0.25) is 0 Å². The highest BCUT2D eigenvalue weighted by molar-refractivity contribution is 7.89. The van der Waals surface area contributed by atoms with Crippen molar-refractivity contribution in [3.63, 3.8) is 0 Å². The van der Waals surface area contributed by atoms with Crippen molar-refractivity contribution in [3.05, 3.63) is 59.5 Å². The molecule has 186 valence electrons. The summed E-state index contributed by atoms with van der Waals surface area (Å²) in [6.07, 6.45) is -0.888. The summed E-state index contributed by atoms with van der Waals surface area (Å²) < 4.78 is 116. The molecule has 2 atom stereocenters. The summed E-state index contributed by atoms with van der Waals surface area (Å²) in [6.45, 7) is -0.832. The topological polar surface area (TPSA) is 75.6 Å². The van der Waals surface area contributed by atoms with Crippen molar-refractivity contribution in [2.45, 2.75) is 23.2 Å². The molecular weight excluding hydrogens is 502 g/mol. The second-order valence-corrected chi connectivity index (χ2v) is 9.98. The molecule has 0 bridgehead atoms. The maximum atomic E-state index is 15.6. The number of hydrogen-bond acceptors (Lipinski definition) is 6. The Labute approximate surface area is 195 Å². The van der Waals surface area contributed by atoms with E-state index in [0.29, 0.717) is 16.4 Å². The number of halogens is 6. The smallest absolute Gasteiger partial charge is 0.245 e. The van der Waals surface area contributed by atoms with Crippen LogP contribution in [0.4, 0.5) is 32.2 Å². The number of ether oxygens (including phenoxy) is 1. The van der Waals surface area contributed by atoms with Gasteiger partial charge in [-0.15, -0.1) is 0 Å². The van der Waals surface area contributed by atoms with E-state index < -0.39 is 62.4 Å². The Morgan fingerprint density at radius 1 is 0.943 bits per heavy atom. The van der Waals surface area contributed by atoms with Crippen LogP contribution in [0.25, 0.3) is 11.0 Å². The average molecular weight is 518 g/mol. The predicted molar refractivity (Wildman–Crippen MR) is 110 cm³/mol. The van der Waals surface area contributed by atoms with Crippen molar-refractivity contribution in [2.75, 3.05) is 31.1 Å². The minimum Gasteiger partial charge on any atom is -0.355 e. The fraction of sp³-hybridized carbons (Fsp3) is 0.333. The molecule has 1 aromatic heterocycles. The van der Waals surface area contributed by atoms with Crippen molar-refractivity contribution in [1.82, 2.24) is 14.3 Å². The number of aromatic nitrogens is 2. The molecule has 0 unspecified atom stereocenters. The molecule has 0 radical (unpaired) electrons. The molecule has 0 aliphatic carbocycles. The minimum absolute atomic E-state index is 0.0302. The second kappa shape index (κ2) is 8.31. The summed E-state index contributed by atoms with van der Waals surface area (Å²) in [5.41, 5.74) is -1.83. The third-order valence-electron chi connectivity index (χ3n) is 6.12. The first-order valence-electron chi connectivity index (χ1n) is 10.3. The number of anilines is 1. The highest BCUT2D eigenvalue weighted by Gasteiger charge is 2.57. The van der Waals surface area contributed by atoms with Crippen LogP contribution in [0.1, 0.15) is 6.42 Å². The summed E-state index contributed by atoms with van der Waals surface area (Å²) >= 11 is 0. The van der Waals surface area contributed by atoms with Gasteiger partial charge >= 0.3 is 0 Å². The maximum absolute atomic E-state index is 15.6. The Morgan fingerprint density at radius 2 is 1.60 bits per heavy atom. The van der Waals surface area contributed by atoms with Gasteiger partial charge in [0.15, 0.2) is 41.0 Å². The highest BCUT2D eigenvalue weighted by Crippen LogP contribution is 2.41. The molecule has 0 N–H and O–H groups in total. The number of benzene rings is 2. The lowest BCUT2D eigenvalue weighted by Crippen LogP contribution is -2.62. The second-order valence-electron chi connectivity index (χ2n) is 8.12. The van der Waals surface area contributed by atoms with E-state index in [-0.39, 0.29) is 43.0 Å². The Hall–Kier alpha value is -2.97. The Morgan fingerprint density at radius 3 is 2.26 bits per heavy atom. The van der Waals surface area contributed by atoms with Crippen LogP contribution >= 0.6 is 0 Å². The fourth-order valence-corrected chi connectivity index (χ4v) is 6.12. The summed E-state index contributed by atoms with van der Waals surface area (Å²) in [7, 11) is -4.66. The zero-order valence-electron chi connectivity index (χ0n) is 17.7. The van der Waals surface area contributed by atoms with Gasteiger partial charge in [-0.1, -0.05) is 0 Å². The standard InChI is InChI=1S/C21H16F6N4O3S/c22-12-7-16-17(8-13(12)23)29-19(9-28-16)30-2-1-21(18(26)10-30)31(3-4-34-21)35(32,33)11-5-14(24)20(27)15(25)6-11/h5-9,18H,1-4,10H2/t18-,21-/m0/s1. The first-order valence-corrected chi connectivity index (χ1v) is 11.8. The molecule has 2 saturated heterocycles. The number of rotatable bonds is 3. The Bertz CT molecular complexity index is 1420. The largest absolute Gasteiger partial charge is 0.355 e. The highest BCUT2D eigenvalue weighted by atomic mass is 32.2. The van der Waals surface area contributed by atoms with E-state index in [2.05, 4.69) is 9.97 Å². The van der Waals surface area contributed by atoms with E-state index >= 15 is 4.39 Å². The van der Waals surface area contributed by atoms with Gasteiger partial charge in [-0.2, -0.15) is 4.31 Å². The van der Waals surface area contributed by atoms with Crippen LogP contribution in [0.3, 0.4) is 0 Å². The first-order chi connectivity index (χ1) is 16.5. The molecule has 14 heteroatoms. The van der Waals surface area contributed by atoms with Crippen molar-refractivity contribution in [3.8, 4) is 0 Å². The van der Waals surface area contributed by atoms with E-state index in [9.17, 15) is 30.4 Å². The maximum Gasteiger partial charge on any atom is 0.245 e. The number of piperidine rings is 1. The van der Waals surface area contributed by atoms with E-state index in [1.165, 1.54) is 11.1 Å². The molecule has 2 aliphatic rings. The molecule has 3 aromatic rings. The fourth-order valence-electron chi connectivity index (χ4n) is 4.38. The monoisotopic (exact) mass is 518 g/mol. The van der Waals surface area contributed by atoms with E-state index in [4.69, 9.17) is 4.74 Å². The van der Waals surface area contributed by atoms with Crippen LogP contribution in [-0.2, 0) is 14.8 Å². The molecule has 5 rings (SSSR count). The van der Waals surface area contributed by atoms with Crippen molar-refractivity contribution < 1.29 is 39.5 Å². The average Bonchev–Trinajstić information content (AvgIpc) is 3.25. The molecule has 3 heterocycles. The summed E-state index contributed by atoms with van der Waals surface area (Å²) in [4.78, 5) is 8.77. The SMILES string of the molecule is O=S(=O)(c1cc(F)c(F)c(F)c1)N1CCO[C@]12CCN(c1cnc3cc(F)c(F)cc3n1)C[C@@H]2F. The number of alkyl halides is 1.